The summed E-state index contributed by atoms with van der Waals surface area (Å²) < 4.78 is 1.65. The molecule has 0 amide bonds. The molecular weight excluding hydrogens is 212 g/mol. The van der Waals surface area contributed by atoms with Crippen molar-refractivity contribution in [3.63, 3.8) is 0 Å². The van der Waals surface area contributed by atoms with Crippen LogP contribution in [0.3, 0.4) is 0 Å². The molecule has 2 aromatic rings. The Kier molecular flexibility index (Phi) is 2.32. The van der Waals surface area contributed by atoms with Crippen LogP contribution in [0.15, 0.2) is 36.5 Å². The highest BCUT2D eigenvalue weighted by Crippen LogP contribution is 2.37. The third-order valence-corrected chi connectivity index (χ3v) is 3.50. The lowest BCUT2D eigenvalue weighted by molar-refractivity contribution is 0.0961. The zero-order valence-corrected chi connectivity index (χ0v) is 9.76. The molecule has 1 heterocycles. The summed E-state index contributed by atoms with van der Waals surface area (Å²) in [5.74, 6) is 0.582. The van der Waals surface area contributed by atoms with Crippen molar-refractivity contribution in [2.45, 2.75) is 18.8 Å². The Morgan fingerprint density at radius 3 is 2.94 bits per heavy atom. The number of rotatable bonds is 3. The molecule has 0 aliphatic heterocycles. The molecule has 3 rings (SSSR count). The van der Waals surface area contributed by atoms with Crippen molar-refractivity contribution >= 4 is 5.78 Å². The predicted molar refractivity (Wildman–Crippen MR) is 65.0 cm³/mol. The molecule has 0 N–H and O–H groups in total. The molecule has 1 aliphatic rings. The molecule has 1 aromatic heterocycles. The van der Waals surface area contributed by atoms with Crippen LogP contribution in [0.4, 0.5) is 0 Å². The molecule has 1 unspecified atom stereocenters. The lowest BCUT2D eigenvalue weighted by atomic mass is 9.75. The summed E-state index contributed by atoms with van der Waals surface area (Å²) in [6.45, 7) is 0. The Labute approximate surface area is 100 Å². The van der Waals surface area contributed by atoms with Crippen molar-refractivity contribution in [2.24, 2.45) is 7.05 Å². The minimum atomic E-state index is 0.185. The highest BCUT2D eigenvalue weighted by atomic mass is 16.1. The van der Waals surface area contributed by atoms with Crippen molar-refractivity contribution in [3.8, 4) is 0 Å². The Balaban J connectivity index is 1.75. The predicted octanol–water partition coefficient (Wildman–Crippen LogP) is 2.33. The zero-order valence-electron chi connectivity index (χ0n) is 9.76. The van der Waals surface area contributed by atoms with Crippen LogP contribution >= 0.6 is 0 Å². The minimum Gasteiger partial charge on any atom is -0.292 e. The Bertz CT molecular complexity index is 571. The van der Waals surface area contributed by atoms with Crippen LogP contribution in [0.2, 0.25) is 0 Å². The number of Topliss-reactive ketones (excluding diaryl/α,β-unsaturated/α-hetero) is 1. The smallest absolute Gasteiger partial charge is 0.181 e. The van der Waals surface area contributed by atoms with Crippen molar-refractivity contribution in [2.75, 3.05) is 0 Å². The van der Waals surface area contributed by atoms with E-state index in [2.05, 4.69) is 23.3 Å². The van der Waals surface area contributed by atoms with Crippen molar-refractivity contribution < 1.29 is 4.79 Å². The average Bonchev–Trinajstić information content (AvgIpc) is 2.72. The van der Waals surface area contributed by atoms with E-state index in [4.69, 9.17) is 0 Å². The Morgan fingerprint density at radius 2 is 2.24 bits per heavy atom. The van der Waals surface area contributed by atoms with Crippen LogP contribution in [0.1, 0.15) is 34.0 Å². The van der Waals surface area contributed by atoms with Gasteiger partial charge in [-0.1, -0.05) is 24.3 Å². The van der Waals surface area contributed by atoms with Gasteiger partial charge in [0.2, 0.25) is 0 Å². The van der Waals surface area contributed by atoms with Gasteiger partial charge in [0, 0.05) is 19.7 Å². The number of carbonyl (C=O) groups excluding carboxylic acids is 1. The van der Waals surface area contributed by atoms with Gasteiger partial charge in [0.1, 0.15) is 5.69 Å². The maximum absolute atomic E-state index is 12.1. The summed E-state index contributed by atoms with van der Waals surface area (Å²) in [6, 6.07) is 10.1. The molecule has 17 heavy (non-hydrogen) atoms. The van der Waals surface area contributed by atoms with E-state index in [1.165, 1.54) is 11.1 Å². The summed E-state index contributed by atoms with van der Waals surface area (Å²) >= 11 is 0. The normalized spacial score (nSPS) is 17.4. The maximum Gasteiger partial charge on any atom is 0.181 e. The lowest BCUT2D eigenvalue weighted by Crippen LogP contribution is -2.21. The molecular formula is C14H14N2O. The van der Waals surface area contributed by atoms with Crippen LogP contribution in [-0.4, -0.2) is 15.6 Å². The zero-order chi connectivity index (χ0) is 11.8. The number of ketones is 1. The molecule has 3 nitrogen and oxygen atoms in total. The van der Waals surface area contributed by atoms with Crippen molar-refractivity contribution in [1.82, 2.24) is 9.78 Å². The molecule has 1 atom stereocenters. The standard InChI is InChI=1S/C14H14N2O/c1-16-13(6-7-15-16)14(17)9-11-8-10-4-2-3-5-12(10)11/h2-7,11H,8-9H2,1H3. The molecule has 3 heteroatoms. The Morgan fingerprint density at radius 1 is 1.41 bits per heavy atom. The highest BCUT2D eigenvalue weighted by Gasteiger charge is 2.28. The van der Waals surface area contributed by atoms with Crippen LogP contribution in [0.5, 0.6) is 0 Å². The molecule has 0 saturated carbocycles. The van der Waals surface area contributed by atoms with E-state index in [0.29, 0.717) is 18.0 Å². The fraction of sp³-hybridized carbons (Fsp3) is 0.286. The second-order valence-electron chi connectivity index (χ2n) is 4.57. The second kappa shape index (κ2) is 3.84. The van der Waals surface area contributed by atoms with Gasteiger partial charge in [0.05, 0.1) is 0 Å². The van der Waals surface area contributed by atoms with Crippen LogP contribution in [0, 0.1) is 0 Å². The first-order valence-electron chi connectivity index (χ1n) is 5.84. The van der Waals surface area contributed by atoms with Crippen LogP contribution in [-0.2, 0) is 13.5 Å². The van der Waals surface area contributed by atoms with Gasteiger partial charge >= 0.3 is 0 Å². The number of carbonyl (C=O) groups is 1. The van der Waals surface area contributed by atoms with Gasteiger partial charge in [-0.2, -0.15) is 5.10 Å². The topological polar surface area (TPSA) is 34.9 Å². The van der Waals surface area contributed by atoms with Gasteiger partial charge < -0.3 is 0 Å². The number of hydrogen-bond donors (Lipinski definition) is 0. The SMILES string of the molecule is Cn1nccc1C(=O)CC1Cc2ccccc21. The third-order valence-electron chi connectivity index (χ3n) is 3.50. The molecule has 0 radical (unpaired) electrons. The summed E-state index contributed by atoms with van der Waals surface area (Å²) in [5.41, 5.74) is 3.42. The van der Waals surface area contributed by atoms with Crippen molar-refractivity contribution in [3.05, 3.63) is 53.3 Å². The maximum atomic E-state index is 12.1. The van der Waals surface area contributed by atoms with Gasteiger partial charge in [-0.3, -0.25) is 9.48 Å². The first-order chi connectivity index (χ1) is 8.25. The van der Waals surface area contributed by atoms with Gasteiger partial charge in [-0.05, 0) is 29.5 Å². The first kappa shape index (κ1) is 10.3. The number of aryl methyl sites for hydroxylation is 1. The van der Waals surface area contributed by atoms with Crippen LogP contribution < -0.4 is 0 Å². The fourth-order valence-electron chi connectivity index (χ4n) is 2.52. The van der Waals surface area contributed by atoms with Gasteiger partial charge in [0.15, 0.2) is 5.78 Å². The average molecular weight is 226 g/mol. The van der Waals surface area contributed by atoms with E-state index >= 15 is 0 Å². The quantitative estimate of drug-likeness (QED) is 0.753. The monoisotopic (exact) mass is 226 g/mol. The number of aromatic nitrogens is 2. The Hall–Kier alpha value is -1.90. The summed E-state index contributed by atoms with van der Waals surface area (Å²) in [4.78, 5) is 12.1. The fourth-order valence-corrected chi connectivity index (χ4v) is 2.52. The molecule has 1 aliphatic carbocycles. The molecule has 0 fully saturated rings. The van der Waals surface area contributed by atoms with Gasteiger partial charge in [0.25, 0.3) is 0 Å². The van der Waals surface area contributed by atoms with E-state index in [1.807, 2.05) is 13.1 Å². The number of hydrogen-bond acceptors (Lipinski definition) is 2. The van der Waals surface area contributed by atoms with Crippen molar-refractivity contribution in [1.29, 1.82) is 0 Å². The molecule has 0 spiro atoms. The lowest BCUT2D eigenvalue weighted by Gasteiger charge is -2.29. The largest absolute Gasteiger partial charge is 0.292 e. The first-order valence-corrected chi connectivity index (χ1v) is 5.84. The summed E-state index contributed by atoms with van der Waals surface area (Å²) in [7, 11) is 1.81. The second-order valence-corrected chi connectivity index (χ2v) is 4.57. The molecule has 0 bridgehead atoms. The molecule has 86 valence electrons. The number of benzene rings is 1. The number of nitrogens with zero attached hydrogens (tertiary/aromatic N) is 2. The van der Waals surface area contributed by atoms with Gasteiger partial charge in [-0.15, -0.1) is 0 Å². The molecule has 1 aromatic carbocycles. The van der Waals surface area contributed by atoms with Crippen LogP contribution in [0.25, 0.3) is 0 Å². The van der Waals surface area contributed by atoms with Gasteiger partial charge in [-0.25, -0.2) is 0 Å². The summed E-state index contributed by atoms with van der Waals surface area (Å²) in [5, 5.41) is 4.03. The highest BCUT2D eigenvalue weighted by molar-refractivity contribution is 5.95. The minimum absolute atomic E-state index is 0.185. The molecule has 0 saturated heterocycles. The van der Waals surface area contributed by atoms with E-state index in [-0.39, 0.29) is 5.78 Å². The summed E-state index contributed by atoms with van der Waals surface area (Å²) in [6.07, 6.45) is 3.29. The van der Waals surface area contributed by atoms with E-state index < -0.39 is 0 Å². The van der Waals surface area contributed by atoms with E-state index in [9.17, 15) is 4.79 Å². The van der Waals surface area contributed by atoms with E-state index in [0.717, 1.165) is 6.42 Å². The number of fused-ring (bicyclic) bond motifs is 1. The third kappa shape index (κ3) is 1.68. The van der Waals surface area contributed by atoms with E-state index in [1.54, 1.807) is 16.9 Å².